The molecule has 5 nitrogen and oxygen atoms in total. The Morgan fingerprint density at radius 2 is 1.51 bits per heavy atom. The summed E-state index contributed by atoms with van der Waals surface area (Å²) in [6.45, 7) is 1.91. The maximum absolute atomic E-state index is 13.7. The zero-order valence-corrected chi connectivity index (χ0v) is 22.0. The van der Waals surface area contributed by atoms with E-state index in [1.807, 2.05) is 104 Å². The van der Waals surface area contributed by atoms with Gasteiger partial charge in [-0.3, -0.25) is 4.79 Å². The number of thiazole rings is 1. The Bertz CT molecular complexity index is 1490. The Morgan fingerprint density at radius 3 is 2.14 bits per heavy atom. The van der Waals surface area contributed by atoms with Crippen LogP contribution in [-0.2, 0) is 10.2 Å². The van der Waals surface area contributed by atoms with Crippen LogP contribution in [0.1, 0.15) is 18.1 Å². The third-order valence-electron chi connectivity index (χ3n) is 6.37. The summed E-state index contributed by atoms with van der Waals surface area (Å²) in [5.41, 5.74) is 3.33. The molecule has 1 amide bonds. The molecule has 0 unspecified atom stereocenters. The summed E-state index contributed by atoms with van der Waals surface area (Å²) >= 11 is 7.21. The van der Waals surface area contributed by atoms with E-state index in [0.717, 1.165) is 31.9 Å². The van der Waals surface area contributed by atoms with Crippen LogP contribution in [0.3, 0.4) is 0 Å². The van der Waals surface area contributed by atoms with Gasteiger partial charge in [0.15, 0.2) is 5.11 Å². The zero-order valence-electron chi connectivity index (χ0n) is 20.4. The number of carbonyl (C=O) groups excluding carboxylic acids is 1. The molecule has 1 heterocycles. The highest BCUT2D eigenvalue weighted by Crippen LogP contribution is 2.35. The smallest absolute Gasteiger partial charge is 0.240 e. The number of ether oxygens (including phenoxy) is 1. The number of rotatable bonds is 6. The van der Waals surface area contributed by atoms with Crippen molar-refractivity contribution < 1.29 is 9.53 Å². The minimum absolute atomic E-state index is 0.183. The van der Waals surface area contributed by atoms with Gasteiger partial charge in [-0.25, -0.2) is 4.98 Å². The van der Waals surface area contributed by atoms with Crippen molar-refractivity contribution in [2.75, 3.05) is 12.4 Å². The molecule has 0 aliphatic carbocycles. The molecule has 7 heteroatoms. The maximum atomic E-state index is 13.7. The average Bonchev–Trinajstić information content (AvgIpc) is 3.38. The van der Waals surface area contributed by atoms with Crippen molar-refractivity contribution in [1.82, 2.24) is 10.3 Å². The van der Waals surface area contributed by atoms with Gasteiger partial charge in [0.25, 0.3) is 0 Å². The lowest BCUT2D eigenvalue weighted by atomic mass is 9.75. The SMILES string of the molecule is COc1ccc(-c2nc3ccccc3s2)cc1NC(=S)NC(=O)C(C)(c1ccccc1)c1ccccc1. The number of amides is 1. The molecule has 184 valence electrons. The highest BCUT2D eigenvalue weighted by molar-refractivity contribution is 7.80. The van der Waals surface area contributed by atoms with E-state index in [1.165, 1.54) is 0 Å². The Balaban J connectivity index is 1.41. The number of methoxy groups -OCH3 is 1. The van der Waals surface area contributed by atoms with Gasteiger partial charge in [0, 0.05) is 5.56 Å². The Labute approximate surface area is 225 Å². The fourth-order valence-electron chi connectivity index (χ4n) is 4.29. The minimum Gasteiger partial charge on any atom is -0.495 e. The fourth-order valence-corrected chi connectivity index (χ4v) is 5.45. The predicted molar refractivity (Wildman–Crippen MR) is 155 cm³/mol. The van der Waals surface area contributed by atoms with Crippen LogP contribution in [0.25, 0.3) is 20.8 Å². The molecular weight excluding hydrogens is 498 g/mol. The molecule has 5 aromatic rings. The van der Waals surface area contributed by atoms with Crippen molar-refractivity contribution in [3.8, 4) is 16.3 Å². The first kappa shape index (κ1) is 24.6. The second-order valence-corrected chi connectivity index (χ2v) is 10.1. The second-order valence-electron chi connectivity index (χ2n) is 8.67. The van der Waals surface area contributed by atoms with Gasteiger partial charge in [0.1, 0.15) is 10.8 Å². The van der Waals surface area contributed by atoms with Gasteiger partial charge < -0.3 is 15.4 Å². The Morgan fingerprint density at radius 1 is 0.892 bits per heavy atom. The lowest BCUT2D eigenvalue weighted by molar-refractivity contribution is -0.123. The first-order valence-electron chi connectivity index (χ1n) is 11.8. The monoisotopic (exact) mass is 523 g/mol. The topological polar surface area (TPSA) is 63.2 Å². The van der Waals surface area contributed by atoms with Crippen molar-refractivity contribution >= 4 is 50.5 Å². The molecule has 0 radical (unpaired) electrons. The summed E-state index contributed by atoms with van der Waals surface area (Å²) in [6, 6.07) is 33.2. The van der Waals surface area contributed by atoms with Crippen LogP contribution >= 0.6 is 23.6 Å². The number of para-hydroxylation sites is 1. The Hall–Kier alpha value is -4.07. The van der Waals surface area contributed by atoms with Crippen LogP contribution in [0.15, 0.2) is 103 Å². The fraction of sp³-hybridized carbons (Fsp3) is 0.100. The van der Waals surface area contributed by atoms with E-state index in [9.17, 15) is 4.79 Å². The third-order valence-corrected chi connectivity index (χ3v) is 7.66. The summed E-state index contributed by atoms with van der Waals surface area (Å²) in [5.74, 6) is 0.374. The molecule has 0 spiro atoms. The molecule has 2 N–H and O–H groups in total. The number of benzene rings is 4. The first-order valence-corrected chi connectivity index (χ1v) is 13.0. The molecule has 0 aliphatic rings. The number of anilines is 1. The lowest BCUT2D eigenvalue weighted by Crippen LogP contribution is -2.47. The summed E-state index contributed by atoms with van der Waals surface area (Å²) in [6.07, 6.45) is 0. The predicted octanol–water partition coefficient (Wildman–Crippen LogP) is 6.79. The van der Waals surface area contributed by atoms with E-state index in [1.54, 1.807) is 18.4 Å². The molecule has 5 rings (SSSR count). The van der Waals surface area contributed by atoms with E-state index in [2.05, 4.69) is 16.7 Å². The maximum Gasteiger partial charge on any atom is 0.240 e. The highest BCUT2D eigenvalue weighted by Gasteiger charge is 2.37. The quantitative estimate of drug-likeness (QED) is 0.240. The number of fused-ring (bicyclic) bond motifs is 1. The van der Waals surface area contributed by atoms with Crippen molar-refractivity contribution in [3.63, 3.8) is 0 Å². The summed E-state index contributed by atoms with van der Waals surface area (Å²) in [4.78, 5) is 18.5. The van der Waals surface area contributed by atoms with Crippen molar-refractivity contribution in [2.24, 2.45) is 0 Å². The minimum atomic E-state index is -0.943. The number of carbonyl (C=O) groups is 1. The molecule has 0 atom stereocenters. The lowest BCUT2D eigenvalue weighted by Gasteiger charge is -2.30. The van der Waals surface area contributed by atoms with Crippen LogP contribution in [0, 0.1) is 0 Å². The summed E-state index contributed by atoms with van der Waals surface area (Å²) in [5, 5.41) is 7.15. The molecule has 4 aromatic carbocycles. The van der Waals surface area contributed by atoms with Crippen LogP contribution in [0.5, 0.6) is 5.75 Å². The molecule has 0 bridgehead atoms. The Kier molecular flexibility index (Phi) is 6.99. The summed E-state index contributed by atoms with van der Waals surface area (Å²) < 4.78 is 6.67. The average molecular weight is 524 g/mol. The standard InChI is InChI=1S/C30H25N3O2S2/c1-30(21-11-5-3-6-12-21,22-13-7-4-8-14-22)28(34)33-29(36)32-24-19-20(17-18-25(24)35-2)27-31-23-15-9-10-16-26(23)37-27/h3-19H,1-2H3,(H2,32,33,34,36). The third kappa shape index (κ3) is 4.96. The van der Waals surface area contributed by atoms with Crippen LogP contribution < -0.4 is 15.4 Å². The van der Waals surface area contributed by atoms with Crippen LogP contribution in [0.2, 0.25) is 0 Å². The van der Waals surface area contributed by atoms with Crippen molar-refractivity contribution in [3.05, 3.63) is 114 Å². The molecule has 1 aromatic heterocycles. The molecule has 0 fully saturated rings. The van der Waals surface area contributed by atoms with Crippen molar-refractivity contribution in [2.45, 2.75) is 12.3 Å². The van der Waals surface area contributed by atoms with E-state index in [-0.39, 0.29) is 11.0 Å². The zero-order chi connectivity index (χ0) is 25.8. The first-order chi connectivity index (χ1) is 18.0. The largest absolute Gasteiger partial charge is 0.495 e. The van der Waals surface area contributed by atoms with E-state index in [4.69, 9.17) is 21.9 Å². The number of nitrogens with zero attached hydrogens (tertiary/aromatic N) is 1. The highest BCUT2D eigenvalue weighted by atomic mass is 32.1. The van der Waals surface area contributed by atoms with E-state index >= 15 is 0 Å². The number of nitrogens with one attached hydrogen (secondary N) is 2. The van der Waals surface area contributed by atoms with Crippen LogP contribution in [0.4, 0.5) is 5.69 Å². The van der Waals surface area contributed by atoms with Crippen molar-refractivity contribution in [1.29, 1.82) is 0 Å². The van der Waals surface area contributed by atoms with Gasteiger partial charge in [-0.15, -0.1) is 11.3 Å². The molecule has 0 saturated carbocycles. The number of aromatic nitrogens is 1. The van der Waals surface area contributed by atoms with Gasteiger partial charge >= 0.3 is 0 Å². The summed E-state index contributed by atoms with van der Waals surface area (Å²) in [7, 11) is 1.60. The number of hydrogen-bond donors (Lipinski definition) is 2. The molecule has 37 heavy (non-hydrogen) atoms. The van der Waals surface area contributed by atoms with Gasteiger partial charge in [0.05, 0.1) is 28.4 Å². The van der Waals surface area contributed by atoms with E-state index < -0.39 is 5.41 Å². The normalized spacial score (nSPS) is 11.2. The number of thiocarbonyl (C=S) groups is 1. The van der Waals surface area contributed by atoms with Gasteiger partial charge in [0.2, 0.25) is 5.91 Å². The second kappa shape index (κ2) is 10.5. The molecular formula is C30H25N3O2S2. The van der Waals surface area contributed by atoms with Crippen LogP contribution in [-0.4, -0.2) is 23.1 Å². The molecule has 0 saturated heterocycles. The van der Waals surface area contributed by atoms with Gasteiger partial charge in [-0.1, -0.05) is 72.8 Å². The van der Waals surface area contributed by atoms with Gasteiger partial charge in [-0.05, 0) is 60.6 Å². The molecule has 0 aliphatic heterocycles. The van der Waals surface area contributed by atoms with E-state index in [0.29, 0.717) is 11.4 Å². The number of hydrogen-bond acceptors (Lipinski definition) is 5. The van der Waals surface area contributed by atoms with Gasteiger partial charge in [-0.2, -0.15) is 0 Å².